The number of hydrogen-bond acceptors (Lipinski definition) is 1. The Hall–Kier alpha value is -0.300. The molecular formula is C15H30O. The summed E-state index contributed by atoms with van der Waals surface area (Å²) in [5.41, 5.74) is 0. The van der Waals surface area contributed by atoms with E-state index in [1.165, 1.54) is 51.4 Å². The maximum Gasteiger partial charge on any atom is 0.0743 e. The molecule has 16 heavy (non-hydrogen) atoms. The van der Waals surface area contributed by atoms with E-state index in [1.807, 2.05) is 0 Å². The summed E-state index contributed by atoms with van der Waals surface area (Å²) in [5.74, 6) is 0.373. The van der Waals surface area contributed by atoms with Crippen molar-refractivity contribution in [3.8, 4) is 0 Å². The highest BCUT2D eigenvalue weighted by Crippen LogP contribution is 2.15. The van der Waals surface area contributed by atoms with E-state index in [-0.39, 0.29) is 6.10 Å². The molecule has 0 aromatic heterocycles. The molecule has 0 aliphatic heterocycles. The van der Waals surface area contributed by atoms with Gasteiger partial charge in [0.15, 0.2) is 0 Å². The molecule has 0 saturated carbocycles. The molecule has 0 bridgehead atoms. The van der Waals surface area contributed by atoms with Crippen LogP contribution in [0.15, 0.2) is 12.7 Å². The van der Waals surface area contributed by atoms with E-state index >= 15 is 0 Å². The molecule has 96 valence electrons. The summed E-state index contributed by atoms with van der Waals surface area (Å²) in [6.45, 7) is 7.98. The molecule has 0 heterocycles. The van der Waals surface area contributed by atoms with Crippen LogP contribution in [0, 0.1) is 5.92 Å². The Balaban J connectivity index is 3.17. The molecule has 0 aliphatic carbocycles. The highest BCUT2D eigenvalue weighted by molar-refractivity contribution is 4.81. The minimum atomic E-state index is -0.315. The van der Waals surface area contributed by atoms with Crippen LogP contribution in [0.5, 0.6) is 0 Å². The van der Waals surface area contributed by atoms with Crippen LogP contribution in [0.2, 0.25) is 0 Å². The van der Waals surface area contributed by atoms with Gasteiger partial charge in [-0.3, -0.25) is 0 Å². The quantitative estimate of drug-likeness (QED) is 0.400. The predicted molar refractivity (Wildman–Crippen MR) is 72.6 cm³/mol. The molecule has 0 radical (unpaired) electrons. The van der Waals surface area contributed by atoms with Gasteiger partial charge in [-0.15, -0.1) is 6.58 Å². The molecule has 1 nitrogen and oxygen atoms in total. The van der Waals surface area contributed by atoms with Crippen molar-refractivity contribution in [1.29, 1.82) is 0 Å². The van der Waals surface area contributed by atoms with Crippen molar-refractivity contribution in [2.24, 2.45) is 5.92 Å². The average Bonchev–Trinajstić information content (AvgIpc) is 2.31. The molecule has 0 rings (SSSR count). The van der Waals surface area contributed by atoms with Crippen LogP contribution in [-0.2, 0) is 0 Å². The highest BCUT2D eigenvalue weighted by atomic mass is 16.3. The lowest BCUT2D eigenvalue weighted by Crippen LogP contribution is -2.13. The first-order valence-electron chi connectivity index (χ1n) is 7.03. The van der Waals surface area contributed by atoms with Gasteiger partial charge in [-0.1, -0.05) is 71.3 Å². The molecule has 0 amide bonds. The lowest BCUT2D eigenvalue weighted by Gasteiger charge is -2.14. The third-order valence-corrected chi connectivity index (χ3v) is 3.34. The normalized spacial score (nSPS) is 14.7. The average molecular weight is 226 g/mol. The molecule has 0 saturated heterocycles. The number of aliphatic hydroxyl groups excluding tert-OH is 1. The number of unbranched alkanes of at least 4 members (excludes halogenated alkanes) is 7. The van der Waals surface area contributed by atoms with Gasteiger partial charge < -0.3 is 5.11 Å². The summed E-state index contributed by atoms with van der Waals surface area (Å²) >= 11 is 0. The maximum absolute atomic E-state index is 9.51. The minimum Gasteiger partial charge on any atom is -0.389 e. The number of rotatable bonds is 11. The number of aliphatic hydroxyl groups is 1. The van der Waals surface area contributed by atoms with Gasteiger partial charge in [-0.2, -0.15) is 0 Å². The molecule has 0 spiro atoms. The summed E-state index contributed by atoms with van der Waals surface area (Å²) in [4.78, 5) is 0. The third-order valence-electron chi connectivity index (χ3n) is 3.34. The van der Waals surface area contributed by atoms with Crippen LogP contribution in [0.4, 0.5) is 0 Å². The van der Waals surface area contributed by atoms with Crippen LogP contribution in [-0.4, -0.2) is 11.2 Å². The first-order valence-corrected chi connectivity index (χ1v) is 7.03. The molecule has 2 atom stereocenters. The molecule has 0 aliphatic rings. The molecule has 0 aromatic carbocycles. The van der Waals surface area contributed by atoms with Gasteiger partial charge in [0.05, 0.1) is 6.10 Å². The Morgan fingerprint density at radius 2 is 1.50 bits per heavy atom. The topological polar surface area (TPSA) is 20.2 Å². The van der Waals surface area contributed by atoms with Crippen LogP contribution in [0.3, 0.4) is 0 Å². The van der Waals surface area contributed by atoms with Crippen molar-refractivity contribution in [3.05, 3.63) is 12.7 Å². The van der Waals surface area contributed by atoms with Crippen molar-refractivity contribution in [3.63, 3.8) is 0 Å². The van der Waals surface area contributed by atoms with E-state index in [0.717, 1.165) is 6.42 Å². The van der Waals surface area contributed by atoms with E-state index in [9.17, 15) is 5.11 Å². The Bertz CT molecular complexity index is 154. The zero-order chi connectivity index (χ0) is 12.2. The van der Waals surface area contributed by atoms with E-state index in [0.29, 0.717) is 5.92 Å². The lowest BCUT2D eigenvalue weighted by atomic mass is 9.97. The second-order valence-corrected chi connectivity index (χ2v) is 4.97. The van der Waals surface area contributed by atoms with Crippen LogP contribution in [0.25, 0.3) is 0 Å². The summed E-state index contributed by atoms with van der Waals surface area (Å²) in [7, 11) is 0. The van der Waals surface area contributed by atoms with E-state index in [2.05, 4.69) is 20.4 Å². The van der Waals surface area contributed by atoms with Gasteiger partial charge in [-0.25, -0.2) is 0 Å². The molecule has 1 heteroatoms. The predicted octanol–water partition coefficient (Wildman–Crippen LogP) is 4.70. The van der Waals surface area contributed by atoms with Gasteiger partial charge >= 0.3 is 0 Å². The van der Waals surface area contributed by atoms with E-state index in [4.69, 9.17) is 0 Å². The molecule has 1 N–H and O–H groups in total. The van der Waals surface area contributed by atoms with Crippen molar-refractivity contribution >= 4 is 0 Å². The van der Waals surface area contributed by atoms with Crippen molar-refractivity contribution in [2.75, 3.05) is 0 Å². The summed E-state index contributed by atoms with van der Waals surface area (Å²) in [6, 6.07) is 0. The zero-order valence-electron chi connectivity index (χ0n) is 11.3. The smallest absolute Gasteiger partial charge is 0.0743 e. The van der Waals surface area contributed by atoms with Crippen LogP contribution in [0.1, 0.15) is 71.6 Å². The van der Waals surface area contributed by atoms with Gasteiger partial charge in [0.25, 0.3) is 0 Å². The Kier molecular flexibility index (Phi) is 11.0. The fourth-order valence-electron chi connectivity index (χ4n) is 2.00. The Morgan fingerprint density at radius 3 is 2.00 bits per heavy atom. The second-order valence-electron chi connectivity index (χ2n) is 4.97. The van der Waals surface area contributed by atoms with Crippen molar-refractivity contribution in [1.82, 2.24) is 0 Å². The second kappa shape index (κ2) is 11.2. The fourth-order valence-corrected chi connectivity index (χ4v) is 2.00. The van der Waals surface area contributed by atoms with Gasteiger partial charge in [0, 0.05) is 0 Å². The maximum atomic E-state index is 9.51. The molecule has 0 aromatic rings. The first-order chi connectivity index (χ1) is 7.72. The van der Waals surface area contributed by atoms with Crippen molar-refractivity contribution < 1.29 is 5.11 Å². The van der Waals surface area contributed by atoms with Gasteiger partial charge in [-0.05, 0) is 12.3 Å². The number of hydrogen-bond donors (Lipinski definition) is 1. The third kappa shape index (κ3) is 8.96. The molecule has 2 unspecified atom stereocenters. The summed E-state index contributed by atoms with van der Waals surface area (Å²) in [6.07, 6.45) is 13.3. The highest BCUT2D eigenvalue weighted by Gasteiger charge is 2.09. The van der Waals surface area contributed by atoms with Crippen LogP contribution >= 0.6 is 0 Å². The monoisotopic (exact) mass is 226 g/mol. The lowest BCUT2D eigenvalue weighted by molar-refractivity contribution is 0.155. The molecule has 0 fully saturated rings. The SMILES string of the molecule is C=CC(O)C(C)CCCCCCCCCC. The van der Waals surface area contributed by atoms with E-state index < -0.39 is 0 Å². The minimum absolute atomic E-state index is 0.315. The van der Waals surface area contributed by atoms with Crippen molar-refractivity contribution in [2.45, 2.75) is 77.7 Å². The summed E-state index contributed by atoms with van der Waals surface area (Å²) < 4.78 is 0. The Morgan fingerprint density at radius 1 is 1.00 bits per heavy atom. The van der Waals surface area contributed by atoms with Crippen LogP contribution < -0.4 is 0 Å². The molecular weight excluding hydrogens is 196 g/mol. The Labute approximate surface area is 102 Å². The van der Waals surface area contributed by atoms with Gasteiger partial charge in [0.2, 0.25) is 0 Å². The standard InChI is InChI=1S/C15H30O/c1-4-6-7-8-9-10-11-12-13-14(3)15(16)5-2/h5,14-16H,2,4,6-13H2,1,3H3. The van der Waals surface area contributed by atoms with Gasteiger partial charge in [0.1, 0.15) is 0 Å². The largest absolute Gasteiger partial charge is 0.389 e. The fraction of sp³-hybridized carbons (Fsp3) is 0.867. The summed E-state index contributed by atoms with van der Waals surface area (Å²) in [5, 5.41) is 9.51. The van der Waals surface area contributed by atoms with E-state index in [1.54, 1.807) is 6.08 Å². The first kappa shape index (κ1) is 15.7. The zero-order valence-corrected chi connectivity index (χ0v) is 11.3.